The molecule has 0 bridgehead atoms. The van der Waals surface area contributed by atoms with Crippen molar-refractivity contribution in [3.05, 3.63) is 28.0 Å². The van der Waals surface area contributed by atoms with E-state index in [2.05, 4.69) is 27.0 Å². The highest BCUT2D eigenvalue weighted by molar-refractivity contribution is 9.10. The van der Waals surface area contributed by atoms with E-state index in [1.54, 1.807) is 6.20 Å². The highest BCUT2D eigenvalue weighted by Crippen LogP contribution is 2.16. The number of nitrogens with zero attached hydrogens (tertiary/aromatic N) is 2. The van der Waals surface area contributed by atoms with Crippen LogP contribution < -0.4 is 0 Å². The van der Waals surface area contributed by atoms with Gasteiger partial charge in [0.15, 0.2) is 0 Å². The van der Waals surface area contributed by atoms with Gasteiger partial charge in [0.25, 0.3) is 0 Å². The lowest BCUT2D eigenvalue weighted by Crippen LogP contribution is -1.88. The van der Waals surface area contributed by atoms with Gasteiger partial charge in [-0.15, -0.1) is 0 Å². The van der Waals surface area contributed by atoms with Crippen LogP contribution in [0.15, 0.2) is 16.7 Å². The van der Waals surface area contributed by atoms with E-state index in [4.69, 9.17) is 5.26 Å². The Bertz CT molecular complexity index is 301. The van der Waals surface area contributed by atoms with Crippen molar-refractivity contribution in [2.75, 3.05) is 0 Å². The predicted octanol–water partition coefficient (Wildman–Crippen LogP) is 2.22. The fraction of sp³-hybridized carbons (Fsp3) is 0.250. The SMILES string of the molecule is Cc1cc(Br)c(CC#N)cn1. The quantitative estimate of drug-likeness (QED) is 0.713. The second-order valence-corrected chi connectivity index (χ2v) is 3.11. The molecule has 0 fully saturated rings. The molecular formula is C8H7BrN2. The molecule has 0 aliphatic rings. The van der Waals surface area contributed by atoms with Crippen molar-refractivity contribution in [3.63, 3.8) is 0 Å². The maximum atomic E-state index is 8.41. The topological polar surface area (TPSA) is 36.7 Å². The van der Waals surface area contributed by atoms with Gasteiger partial charge < -0.3 is 0 Å². The van der Waals surface area contributed by atoms with Gasteiger partial charge in [-0.05, 0) is 18.6 Å². The number of rotatable bonds is 1. The smallest absolute Gasteiger partial charge is 0.0670 e. The van der Waals surface area contributed by atoms with Crippen LogP contribution in [0.4, 0.5) is 0 Å². The van der Waals surface area contributed by atoms with Crippen molar-refractivity contribution in [2.24, 2.45) is 0 Å². The van der Waals surface area contributed by atoms with Crippen LogP contribution in [-0.4, -0.2) is 4.98 Å². The van der Waals surface area contributed by atoms with Crippen LogP contribution in [0.5, 0.6) is 0 Å². The third-order valence-electron chi connectivity index (χ3n) is 1.34. The molecular weight excluding hydrogens is 204 g/mol. The zero-order valence-corrected chi connectivity index (χ0v) is 7.72. The highest BCUT2D eigenvalue weighted by atomic mass is 79.9. The maximum absolute atomic E-state index is 8.41. The standard InChI is InChI=1S/C8H7BrN2/c1-6-4-8(9)7(2-3-10)5-11-6/h4-5H,2H2,1H3. The summed E-state index contributed by atoms with van der Waals surface area (Å²) in [4.78, 5) is 4.08. The fourth-order valence-electron chi connectivity index (χ4n) is 0.770. The second-order valence-electron chi connectivity index (χ2n) is 2.25. The van der Waals surface area contributed by atoms with E-state index in [0.717, 1.165) is 15.7 Å². The van der Waals surface area contributed by atoms with Gasteiger partial charge in [0, 0.05) is 16.4 Å². The molecule has 0 unspecified atom stereocenters. The minimum atomic E-state index is 0.411. The number of halogens is 1. The number of hydrogen-bond acceptors (Lipinski definition) is 2. The summed E-state index contributed by atoms with van der Waals surface area (Å²) in [5.74, 6) is 0. The van der Waals surface area contributed by atoms with E-state index in [1.807, 2.05) is 13.0 Å². The van der Waals surface area contributed by atoms with Crippen molar-refractivity contribution in [1.29, 1.82) is 5.26 Å². The first-order valence-electron chi connectivity index (χ1n) is 3.22. The van der Waals surface area contributed by atoms with Crippen molar-refractivity contribution < 1.29 is 0 Å². The minimum Gasteiger partial charge on any atom is -0.261 e. The lowest BCUT2D eigenvalue weighted by Gasteiger charge is -1.98. The van der Waals surface area contributed by atoms with E-state index < -0.39 is 0 Å². The summed E-state index contributed by atoms with van der Waals surface area (Å²) in [5, 5.41) is 8.41. The van der Waals surface area contributed by atoms with E-state index in [-0.39, 0.29) is 0 Å². The molecule has 0 aliphatic heterocycles. The summed E-state index contributed by atoms with van der Waals surface area (Å²) >= 11 is 3.36. The molecule has 56 valence electrons. The fourth-order valence-corrected chi connectivity index (χ4v) is 1.34. The summed E-state index contributed by atoms with van der Waals surface area (Å²) in [7, 11) is 0. The maximum Gasteiger partial charge on any atom is 0.0670 e. The Hall–Kier alpha value is -0.880. The van der Waals surface area contributed by atoms with Crippen molar-refractivity contribution in [3.8, 4) is 6.07 Å². The Kier molecular flexibility index (Phi) is 2.61. The number of hydrogen-bond donors (Lipinski definition) is 0. The van der Waals surface area contributed by atoms with E-state index >= 15 is 0 Å². The molecule has 0 spiro atoms. The Morgan fingerprint density at radius 1 is 1.73 bits per heavy atom. The number of aryl methyl sites for hydroxylation is 1. The van der Waals surface area contributed by atoms with Crippen LogP contribution in [0.2, 0.25) is 0 Å². The molecule has 1 aromatic rings. The summed E-state index contributed by atoms with van der Waals surface area (Å²) in [5.41, 5.74) is 1.90. The molecule has 0 aliphatic carbocycles. The predicted molar refractivity (Wildman–Crippen MR) is 46.0 cm³/mol. The van der Waals surface area contributed by atoms with Gasteiger partial charge in [-0.3, -0.25) is 4.98 Å². The van der Waals surface area contributed by atoms with Crippen molar-refractivity contribution in [2.45, 2.75) is 13.3 Å². The molecule has 1 aromatic heterocycles. The molecule has 11 heavy (non-hydrogen) atoms. The Balaban J connectivity index is 3.01. The molecule has 0 amide bonds. The van der Waals surface area contributed by atoms with E-state index in [9.17, 15) is 0 Å². The molecule has 2 nitrogen and oxygen atoms in total. The number of nitriles is 1. The summed E-state index contributed by atoms with van der Waals surface area (Å²) < 4.78 is 0.964. The largest absolute Gasteiger partial charge is 0.261 e. The average molecular weight is 211 g/mol. The van der Waals surface area contributed by atoms with Gasteiger partial charge in [0.2, 0.25) is 0 Å². The molecule has 0 radical (unpaired) electrons. The monoisotopic (exact) mass is 210 g/mol. The molecule has 0 N–H and O–H groups in total. The van der Waals surface area contributed by atoms with Crippen LogP contribution in [0, 0.1) is 18.3 Å². The van der Waals surface area contributed by atoms with Crippen molar-refractivity contribution in [1.82, 2.24) is 4.98 Å². The Morgan fingerprint density at radius 2 is 2.45 bits per heavy atom. The first kappa shape index (κ1) is 8.22. The molecule has 0 saturated carbocycles. The minimum absolute atomic E-state index is 0.411. The zero-order chi connectivity index (χ0) is 8.27. The molecule has 0 aromatic carbocycles. The van der Waals surface area contributed by atoms with Crippen molar-refractivity contribution >= 4 is 15.9 Å². The number of pyridine rings is 1. The van der Waals surface area contributed by atoms with Gasteiger partial charge in [-0.2, -0.15) is 5.26 Å². The van der Waals surface area contributed by atoms with Crippen LogP contribution in [-0.2, 0) is 6.42 Å². The van der Waals surface area contributed by atoms with Gasteiger partial charge in [0.05, 0.1) is 12.5 Å². The molecule has 0 saturated heterocycles. The van der Waals surface area contributed by atoms with Gasteiger partial charge in [-0.25, -0.2) is 0 Å². The second kappa shape index (κ2) is 3.49. The Labute approximate surface area is 74.0 Å². The molecule has 1 heterocycles. The average Bonchev–Trinajstić information content (AvgIpc) is 1.95. The number of aromatic nitrogens is 1. The van der Waals surface area contributed by atoms with E-state index in [0.29, 0.717) is 6.42 Å². The van der Waals surface area contributed by atoms with Gasteiger partial charge >= 0.3 is 0 Å². The lowest BCUT2D eigenvalue weighted by molar-refractivity contribution is 1.12. The molecule has 1 rings (SSSR count). The van der Waals surface area contributed by atoms with Crippen LogP contribution >= 0.6 is 15.9 Å². The summed E-state index contributed by atoms with van der Waals surface area (Å²) in [6, 6.07) is 3.98. The van der Waals surface area contributed by atoms with Gasteiger partial charge in [0.1, 0.15) is 0 Å². The normalized spacial score (nSPS) is 9.18. The third-order valence-corrected chi connectivity index (χ3v) is 2.07. The first-order chi connectivity index (χ1) is 5.24. The summed E-state index contributed by atoms with van der Waals surface area (Å²) in [6.45, 7) is 1.92. The van der Waals surface area contributed by atoms with Crippen LogP contribution in [0.25, 0.3) is 0 Å². The lowest BCUT2D eigenvalue weighted by atomic mass is 10.2. The zero-order valence-electron chi connectivity index (χ0n) is 6.13. The summed E-state index contributed by atoms with van der Waals surface area (Å²) in [6.07, 6.45) is 2.14. The molecule has 3 heteroatoms. The third kappa shape index (κ3) is 2.02. The van der Waals surface area contributed by atoms with Crippen LogP contribution in [0.1, 0.15) is 11.3 Å². The first-order valence-corrected chi connectivity index (χ1v) is 4.01. The molecule has 0 atom stereocenters. The highest BCUT2D eigenvalue weighted by Gasteiger charge is 1.98. The Morgan fingerprint density at radius 3 is 3.00 bits per heavy atom. The van der Waals surface area contributed by atoms with Crippen LogP contribution in [0.3, 0.4) is 0 Å². The van der Waals surface area contributed by atoms with E-state index in [1.165, 1.54) is 0 Å². The van der Waals surface area contributed by atoms with Gasteiger partial charge in [-0.1, -0.05) is 15.9 Å².